The number of nitrogens with one attached hydrogen (secondary N) is 1. The van der Waals surface area contributed by atoms with Gasteiger partial charge in [-0.1, -0.05) is 12.1 Å². The van der Waals surface area contributed by atoms with Crippen LogP contribution in [-0.2, 0) is 6.54 Å². The van der Waals surface area contributed by atoms with Crippen LogP contribution in [0.25, 0.3) is 11.0 Å². The standard InChI is InChI=1S/C18H23N5O.3H2O/c1-13-19-11-15(24-13)12-23-17-6-4-3-5-16(17)21-18(23)20-14-7-9-22(2)10-8-14;;;/h3-6,11,14H,7-10,12H2,1-2H3,(H,20,21);3*1H2. The van der Waals surface area contributed by atoms with Gasteiger partial charge in [-0.3, -0.25) is 0 Å². The van der Waals surface area contributed by atoms with Gasteiger partial charge in [0.15, 0.2) is 5.89 Å². The van der Waals surface area contributed by atoms with Crippen LogP contribution >= 0.6 is 0 Å². The van der Waals surface area contributed by atoms with Crippen molar-refractivity contribution in [3.63, 3.8) is 0 Å². The summed E-state index contributed by atoms with van der Waals surface area (Å²) in [5.41, 5.74) is 2.12. The number of likely N-dealkylation sites (tertiary alicyclic amines) is 1. The molecule has 0 unspecified atom stereocenters. The summed E-state index contributed by atoms with van der Waals surface area (Å²) in [7, 11) is 2.18. The first-order chi connectivity index (χ1) is 11.7. The molecule has 9 heteroatoms. The van der Waals surface area contributed by atoms with E-state index >= 15 is 0 Å². The summed E-state index contributed by atoms with van der Waals surface area (Å²) < 4.78 is 7.86. The molecule has 1 aromatic carbocycles. The first kappa shape index (κ1) is 22.6. The molecule has 0 amide bonds. The maximum atomic E-state index is 5.67. The number of rotatable bonds is 4. The Morgan fingerprint density at radius 3 is 2.52 bits per heavy atom. The lowest BCUT2D eigenvalue weighted by molar-refractivity contribution is 0.263. The van der Waals surface area contributed by atoms with E-state index in [4.69, 9.17) is 9.40 Å². The highest BCUT2D eigenvalue weighted by Crippen LogP contribution is 2.23. The molecule has 0 atom stereocenters. The minimum absolute atomic E-state index is 0. The normalized spacial score (nSPS) is 14.9. The van der Waals surface area contributed by atoms with Crippen molar-refractivity contribution < 1.29 is 20.8 Å². The molecule has 1 saturated heterocycles. The van der Waals surface area contributed by atoms with Gasteiger partial charge in [-0.2, -0.15) is 0 Å². The summed E-state index contributed by atoms with van der Waals surface area (Å²) in [4.78, 5) is 11.4. The van der Waals surface area contributed by atoms with Gasteiger partial charge in [0.25, 0.3) is 0 Å². The second-order valence-corrected chi connectivity index (χ2v) is 6.58. The van der Waals surface area contributed by atoms with E-state index in [-0.39, 0.29) is 16.4 Å². The number of oxazole rings is 1. The molecule has 9 nitrogen and oxygen atoms in total. The van der Waals surface area contributed by atoms with E-state index in [1.165, 1.54) is 0 Å². The molecule has 3 heterocycles. The number of piperidine rings is 1. The monoisotopic (exact) mass is 379 g/mol. The number of anilines is 1. The minimum atomic E-state index is 0. The van der Waals surface area contributed by atoms with Crippen LogP contribution in [0.2, 0.25) is 0 Å². The van der Waals surface area contributed by atoms with Crippen LogP contribution in [0.15, 0.2) is 34.9 Å². The van der Waals surface area contributed by atoms with Crippen molar-refractivity contribution in [1.29, 1.82) is 0 Å². The molecule has 0 saturated carbocycles. The summed E-state index contributed by atoms with van der Waals surface area (Å²) in [6.45, 7) is 4.75. The van der Waals surface area contributed by atoms with Crippen LogP contribution in [0.1, 0.15) is 24.5 Å². The fraction of sp³-hybridized carbons (Fsp3) is 0.444. The number of para-hydroxylation sites is 2. The van der Waals surface area contributed by atoms with Gasteiger partial charge in [0.05, 0.1) is 23.8 Å². The van der Waals surface area contributed by atoms with Crippen LogP contribution in [-0.4, -0.2) is 62.0 Å². The first-order valence-corrected chi connectivity index (χ1v) is 8.51. The Morgan fingerprint density at radius 2 is 1.85 bits per heavy atom. The van der Waals surface area contributed by atoms with Crippen LogP contribution in [0.3, 0.4) is 0 Å². The summed E-state index contributed by atoms with van der Waals surface area (Å²) in [6.07, 6.45) is 4.08. The molecule has 150 valence electrons. The molecule has 7 N–H and O–H groups in total. The van der Waals surface area contributed by atoms with Gasteiger partial charge in [-0.15, -0.1) is 0 Å². The second-order valence-electron chi connectivity index (χ2n) is 6.58. The van der Waals surface area contributed by atoms with Gasteiger partial charge in [-0.25, -0.2) is 9.97 Å². The van der Waals surface area contributed by atoms with E-state index in [1.54, 1.807) is 6.20 Å². The number of aryl methyl sites for hydroxylation is 1. The number of benzene rings is 1. The van der Waals surface area contributed by atoms with E-state index in [9.17, 15) is 0 Å². The molecule has 0 spiro atoms. The zero-order valence-corrected chi connectivity index (χ0v) is 15.7. The van der Waals surface area contributed by atoms with Crippen LogP contribution in [0, 0.1) is 6.92 Å². The number of hydrogen-bond donors (Lipinski definition) is 1. The van der Waals surface area contributed by atoms with Gasteiger partial charge in [0, 0.05) is 13.0 Å². The van der Waals surface area contributed by atoms with E-state index in [1.807, 2.05) is 19.1 Å². The highest BCUT2D eigenvalue weighted by Gasteiger charge is 2.20. The molecule has 0 bridgehead atoms. The molecule has 4 rings (SSSR count). The predicted octanol–water partition coefficient (Wildman–Crippen LogP) is 0.413. The third kappa shape index (κ3) is 4.83. The SMILES string of the molecule is Cc1ncc(Cn2c(NC3CCN(C)CC3)nc3ccccc32)o1.O.O.O. The van der Waals surface area contributed by atoms with Gasteiger partial charge in [-0.05, 0) is 45.1 Å². The zero-order chi connectivity index (χ0) is 16.5. The van der Waals surface area contributed by atoms with Crippen molar-refractivity contribution in [3.8, 4) is 0 Å². The van der Waals surface area contributed by atoms with Gasteiger partial charge in [0.2, 0.25) is 5.95 Å². The summed E-state index contributed by atoms with van der Waals surface area (Å²) in [5, 5.41) is 3.65. The lowest BCUT2D eigenvalue weighted by Gasteiger charge is -2.29. The molecule has 1 aliphatic rings. The van der Waals surface area contributed by atoms with Crippen molar-refractivity contribution in [3.05, 3.63) is 42.1 Å². The predicted molar refractivity (Wildman–Crippen MR) is 105 cm³/mol. The smallest absolute Gasteiger partial charge is 0.204 e. The second kappa shape index (κ2) is 9.47. The quantitative estimate of drug-likeness (QED) is 0.695. The Balaban J connectivity index is 0.00000121. The Bertz CT molecular complexity index is 839. The fourth-order valence-corrected chi connectivity index (χ4v) is 3.32. The molecule has 0 aliphatic carbocycles. The molecule has 1 fully saturated rings. The summed E-state index contributed by atoms with van der Waals surface area (Å²) in [5.74, 6) is 2.46. The lowest BCUT2D eigenvalue weighted by Crippen LogP contribution is -2.37. The fourth-order valence-electron chi connectivity index (χ4n) is 3.32. The van der Waals surface area contributed by atoms with E-state index in [2.05, 4.69) is 38.9 Å². The Labute approximate surface area is 157 Å². The van der Waals surface area contributed by atoms with Crippen molar-refractivity contribution in [2.75, 3.05) is 25.5 Å². The van der Waals surface area contributed by atoms with Crippen molar-refractivity contribution in [2.24, 2.45) is 0 Å². The van der Waals surface area contributed by atoms with Crippen molar-refractivity contribution >= 4 is 17.0 Å². The molecule has 1 aliphatic heterocycles. The van der Waals surface area contributed by atoms with Crippen LogP contribution in [0.4, 0.5) is 5.95 Å². The average molecular weight is 379 g/mol. The van der Waals surface area contributed by atoms with E-state index < -0.39 is 0 Å². The Kier molecular flexibility index (Phi) is 7.92. The average Bonchev–Trinajstić information content (AvgIpc) is 3.14. The topological polar surface area (TPSA) is 154 Å². The van der Waals surface area contributed by atoms with Gasteiger partial charge < -0.3 is 35.6 Å². The number of aromatic nitrogens is 3. The Hall–Kier alpha value is -2.46. The number of nitrogens with zero attached hydrogens (tertiary/aromatic N) is 4. The highest BCUT2D eigenvalue weighted by atomic mass is 16.4. The largest absolute Gasteiger partial charge is 0.444 e. The van der Waals surface area contributed by atoms with Gasteiger partial charge in [0.1, 0.15) is 5.76 Å². The highest BCUT2D eigenvalue weighted by molar-refractivity contribution is 5.78. The first-order valence-electron chi connectivity index (χ1n) is 8.51. The van der Waals surface area contributed by atoms with E-state index in [0.29, 0.717) is 18.5 Å². The summed E-state index contributed by atoms with van der Waals surface area (Å²) >= 11 is 0. The summed E-state index contributed by atoms with van der Waals surface area (Å²) in [6, 6.07) is 8.69. The number of fused-ring (bicyclic) bond motifs is 1. The molecular formula is C18H29N5O4. The number of hydrogen-bond acceptors (Lipinski definition) is 5. The third-order valence-corrected chi connectivity index (χ3v) is 4.69. The lowest BCUT2D eigenvalue weighted by atomic mass is 10.1. The maximum Gasteiger partial charge on any atom is 0.204 e. The maximum absolute atomic E-state index is 5.67. The minimum Gasteiger partial charge on any atom is -0.444 e. The van der Waals surface area contributed by atoms with E-state index in [0.717, 1.165) is 48.7 Å². The van der Waals surface area contributed by atoms with Crippen LogP contribution in [0.5, 0.6) is 0 Å². The van der Waals surface area contributed by atoms with Crippen molar-refractivity contribution in [1.82, 2.24) is 19.4 Å². The van der Waals surface area contributed by atoms with Crippen LogP contribution < -0.4 is 5.32 Å². The molecule has 0 radical (unpaired) electrons. The molecule has 3 aromatic rings. The molecule has 2 aromatic heterocycles. The van der Waals surface area contributed by atoms with Gasteiger partial charge >= 0.3 is 0 Å². The van der Waals surface area contributed by atoms with Crippen molar-refractivity contribution in [2.45, 2.75) is 32.4 Å². The molecule has 27 heavy (non-hydrogen) atoms. The Morgan fingerprint density at radius 1 is 1.15 bits per heavy atom. The zero-order valence-electron chi connectivity index (χ0n) is 15.7. The third-order valence-electron chi connectivity index (χ3n) is 4.69. The molecular weight excluding hydrogens is 350 g/mol. The number of imidazole rings is 1.